The van der Waals surface area contributed by atoms with Gasteiger partial charge in [0, 0.05) is 0 Å². The van der Waals surface area contributed by atoms with Crippen molar-refractivity contribution in [3.63, 3.8) is 0 Å². The van der Waals surface area contributed by atoms with E-state index in [-0.39, 0.29) is 5.70 Å². The molecule has 0 aliphatic heterocycles. The zero-order valence-electron chi connectivity index (χ0n) is 6.03. The van der Waals surface area contributed by atoms with Crippen LogP contribution in [0.2, 0.25) is 0 Å². The van der Waals surface area contributed by atoms with E-state index in [9.17, 15) is 10.1 Å². The van der Waals surface area contributed by atoms with E-state index in [1.165, 1.54) is 23.5 Å². The lowest BCUT2D eigenvalue weighted by Crippen LogP contribution is -1.97. The third-order valence-corrected chi connectivity index (χ3v) is 2.98. The van der Waals surface area contributed by atoms with Gasteiger partial charge in [-0.2, -0.15) is 5.26 Å². The molecule has 0 N–H and O–H groups in total. The van der Waals surface area contributed by atoms with Gasteiger partial charge in [-0.1, -0.05) is 0 Å². The van der Waals surface area contributed by atoms with Gasteiger partial charge in [-0.25, -0.2) is 0 Å². The lowest BCUT2D eigenvalue weighted by molar-refractivity contribution is -0.417. The molecule has 0 aliphatic rings. The molecule has 0 rings (SSSR count). The molecular weight excluding hydrogens is 184 g/mol. The smallest absolute Gasteiger partial charge is 0.258 e. The van der Waals surface area contributed by atoms with Crippen molar-refractivity contribution in [2.24, 2.45) is 0 Å². The molecule has 0 fully saturated rings. The predicted octanol–water partition coefficient (Wildman–Crippen LogP) is 1.68. The molecule has 0 heterocycles. The molecule has 0 atom stereocenters. The van der Waals surface area contributed by atoms with Crippen molar-refractivity contribution in [3.8, 4) is 6.07 Å². The Kier molecular flexibility index (Phi) is 4.74. The van der Waals surface area contributed by atoms with E-state index in [4.69, 9.17) is 5.26 Å². The molecule has 0 aliphatic carbocycles. The summed E-state index contributed by atoms with van der Waals surface area (Å²) in [6, 6.07) is 1.54. The van der Waals surface area contributed by atoms with Crippen LogP contribution in [0.25, 0.3) is 0 Å². The molecule has 0 aromatic carbocycles. The van der Waals surface area contributed by atoms with Crippen molar-refractivity contribution in [2.45, 2.75) is 0 Å². The quantitative estimate of drug-likeness (QED) is 0.385. The fourth-order valence-electron chi connectivity index (χ4n) is 0.438. The first-order valence-electron chi connectivity index (χ1n) is 2.54. The summed E-state index contributed by atoms with van der Waals surface area (Å²) in [5.74, 6) is 0. The van der Waals surface area contributed by atoms with Crippen molar-refractivity contribution in [2.75, 3.05) is 12.5 Å². The Bertz CT molecular complexity index is 225. The molecule has 60 valence electrons. The summed E-state index contributed by atoms with van der Waals surface area (Å²) < 4.78 is 0.442. The van der Waals surface area contributed by atoms with E-state index in [1.54, 1.807) is 18.6 Å². The Hall–Kier alpha value is -0.670. The van der Waals surface area contributed by atoms with E-state index in [0.717, 1.165) is 0 Å². The number of rotatable bonds is 3. The van der Waals surface area contributed by atoms with Crippen LogP contribution < -0.4 is 0 Å². The Labute approximate surface area is 72.8 Å². The van der Waals surface area contributed by atoms with Gasteiger partial charge < -0.3 is 0 Å². The van der Waals surface area contributed by atoms with Gasteiger partial charge >= 0.3 is 5.70 Å². The minimum absolute atomic E-state index is 0.370. The monoisotopic (exact) mass is 190 g/mol. The van der Waals surface area contributed by atoms with Crippen molar-refractivity contribution in [1.29, 1.82) is 5.26 Å². The van der Waals surface area contributed by atoms with Gasteiger partial charge in [0.2, 0.25) is 0 Å². The first-order chi connectivity index (χ1) is 5.17. The van der Waals surface area contributed by atoms with Crippen LogP contribution in [-0.4, -0.2) is 17.4 Å². The van der Waals surface area contributed by atoms with Crippen LogP contribution in [0.15, 0.2) is 9.93 Å². The zero-order chi connectivity index (χ0) is 8.85. The highest BCUT2D eigenvalue weighted by molar-refractivity contribution is 8.21. The highest BCUT2D eigenvalue weighted by Crippen LogP contribution is 2.27. The van der Waals surface area contributed by atoms with Gasteiger partial charge in [0.25, 0.3) is 0 Å². The predicted molar refractivity (Wildman–Crippen MR) is 46.7 cm³/mol. The molecule has 4 nitrogen and oxygen atoms in total. The first kappa shape index (κ1) is 10.3. The molecule has 0 amide bonds. The molecule has 0 bridgehead atoms. The van der Waals surface area contributed by atoms with Crippen LogP contribution in [0.5, 0.6) is 0 Å². The summed E-state index contributed by atoms with van der Waals surface area (Å²) >= 11 is 2.42. The van der Waals surface area contributed by atoms with Crippen LogP contribution in [0, 0.1) is 21.4 Å². The number of nitro groups is 1. The minimum Gasteiger partial charge on any atom is -0.258 e. The number of hydrogen-bond acceptors (Lipinski definition) is 5. The van der Waals surface area contributed by atoms with Crippen molar-refractivity contribution >= 4 is 23.5 Å². The summed E-state index contributed by atoms with van der Waals surface area (Å²) in [5, 5.41) is 18.5. The van der Waals surface area contributed by atoms with E-state index in [2.05, 4.69) is 0 Å². The summed E-state index contributed by atoms with van der Waals surface area (Å²) in [7, 11) is 0. The third-order valence-electron chi connectivity index (χ3n) is 0.853. The third kappa shape index (κ3) is 2.82. The minimum atomic E-state index is -0.664. The fourth-order valence-corrected chi connectivity index (χ4v) is 1.73. The van der Waals surface area contributed by atoms with E-state index >= 15 is 0 Å². The maximum absolute atomic E-state index is 10.2. The largest absolute Gasteiger partial charge is 0.365 e. The standard InChI is InChI=1S/C5H6N2O2S2/c1-10-5(11-2)4(3-6)7(8)9/h1-2H3. The average molecular weight is 190 g/mol. The van der Waals surface area contributed by atoms with Crippen molar-refractivity contribution in [3.05, 3.63) is 20.0 Å². The molecular formula is C5H6N2O2S2. The molecule has 0 spiro atoms. The molecule has 0 saturated carbocycles. The Balaban J connectivity index is 4.82. The summed E-state index contributed by atoms with van der Waals surface area (Å²) in [5.41, 5.74) is -0.370. The number of allylic oxidation sites excluding steroid dienone is 1. The van der Waals surface area contributed by atoms with Crippen LogP contribution in [0.3, 0.4) is 0 Å². The number of nitrogens with zero attached hydrogens (tertiary/aromatic N) is 2. The summed E-state index contributed by atoms with van der Waals surface area (Å²) in [6.45, 7) is 0. The maximum atomic E-state index is 10.2. The van der Waals surface area contributed by atoms with Gasteiger partial charge in [-0.15, -0.1) is 23.5 Å². The lowest BCUT2D eigenvalue weighted by Gasteiger charge is -1.94. The van der Waals surface area contributed by atoms with Crippen molar-refractivity contribution in [1.82, 2.24) is 0 Å². The molecule has 11 heavy (non-hydrogen) atoms. The Morgan fingerprint density at radius 2 is 2.00 bits per heavy atom. The summed E-state index contributed by atoms with van der Waals surface area (Å²) in [6.07, 6.45) is 3.40. The Morgan fingerprint density at radius 1 is 1.55 bits per heavy atom. The number of thioether (sulfide) groups is 2. The topological polar surface area (TPSA) is 66.9 Å². The maximum Gasteiger partial charge on any atom is 0.365 e. The second kappa shape index (κ2) is 5.04. The summed E-state index contributed by atoms with van der Waals surface area (Å²) in [4.78, 5) is 9.52. The second-order valence-electron chi connectivity index (χ2n) is 1.41. The SMILES string of the molecule is CSC(SC)=C(C#N)[N+](=O)[O-]. The van der Waals surface area contributed by atoms with E-state index < -0.39 is 4.92 Å². The molecule has 6 heteroatoms. The van der Waals surface area contributed by atoms with Crippen LogP contribution >= 0.6 is 23.5 Å². The molecule has 0 radical (unpaired) electrons. The van der Waals surface area contributed by atoms with Gasteiger partial charge in [-0.3, -0.25) is 10.1 Å². The Morgan fingerprint density at radius 3 is 2.09 bits per heavy atom. The molecule has 0 aromatic heterocycles. The first-order valence-corrected chi connectivity index (χ1v) is 4.99. The van der Waals surface area contributed by atoms with Crippen molar-refractivity contribution < 1.29 is 4.92 Å². The highest BCUT2D eigenvalue weighted by atomic mass is 32.2. The molecule has 0 saturated heterocycles. The normalized spacial score (nSPS) is 8.45. The van der Waals surface area contributed by atoms with Gasteiger partial charge in [0.1, 0.15) is 4.24 Å². The zero-order valence-corrected chi connectivity index (χ0v) is 7.66. The van der Waals surface area contributed by atoms with Gasteiger partial charge in [0.15, 0.2) is 6.07 Å². The highest BCUT2D eigenvalue weighted by Gasteiger charge is 2.15. The van der Waals surface area contributed by atoms with E-state index in [1.807, 2.05) is 0 Å². The van der Waals surface area contributed by atoms with Crippen LogP contribution in [-0.2, 0) is 0 Å². The number of nitriles is 1. The average Bonchev–Trinajstić information content (AvgIpc) is 1.99. The lowest BCUT2D eigenvalue weighted by atomic mass is 10.6. The van der Waals surface area contributed by atoms with E-state index in [0.29, 0.717) is 4.24 Å². The number of hydrogen-bond donors (Lipinski definition) is 0. The fraction of sp³-hybridized carbons (Fsp3) is 0.400. The van der Waals surface area contributed by atoms with Gasteiger partial charge in [-0.05, 0) is 12.5 Å². The van der Waals surface area contributed by atoms with Crippen LogP contribution in [0.4, 0.5) is 0 Å². The van der Waals surface area contributed by atoms with Crippen LogP contribution in [0.1, 0.15) is 0 Å². The van der Waals surface area contributed by atoms with Gasteiger partial charge in [0.05, 0.1) is 4.92 Å². The molecule has 0 unspecified atom stereocenters. The second-order valence-corrected chi connectivity index (χ2v) is 3.30. The molecule has 0 aromatic rings.